The number of ether oxygens (including phenoxy) is 3. The number of hydrogen-bond donors (Lipinski definition) is 4. The standard InChI is InChI=1S/C27H47NO6S.2C27H47NO5S.C21H37NO4.H6P4.H5P3.H4P2.H3P/c1-8-9-10-11-21(29)16-22(19(4)5)26(32)28-23(12-13-35(7)33)24(30)15-20(14-18(2)3)25(31)27(6)17-34-27;1-8-9-10-11-21(29)16-22(19(4)5)26(32)28-23(12-13-34-7)24(30)15-20(14-18(2)3)25(31)27(6)17-33-27;1-9-10-11-12-22(29)17-23(19(4)5)27(32)28-24(13-14-34(8)33)25(30)16-21(15-18(2)3)26(31)20(6)7;1-7-8-9-10-18(24)22-19(15(4)5)17(23)12-16(11-14(2)3)20(25)21(6)13-26-21;1-4(2)3;1-3-2;1-2;/h18-20,22-23H,8-17H2,1-7H3,(H,28,32);18-20,22-23H,8-17H2,1-7H3,(H,28,32);18-19,21,23-24H,6,9-17H2,1-5,7-8H3,(H,28,32);14-16,19H,7-13H2,1-6H3,(H,22,24);1-3H2;3H,1-2H2;1-2H2;1H3/t20-,22+,23+,27-,35?;20-,22+,23+,27-;21-,23+,24+,34?;16-,19-,21-;;;;/m1111..../s1. The average Bonchev–Trinajstić information content (AvgIpc) is 1.65. The summed E-state index contributed by atoms with van der Waals surface area (Å²) in [5.41, 5.74) is -1.88. The number of thioether (sulfide) groups is 1. The van der Waals surface area contributed by atoms with Gasteiger partial charge in [-0.3, -0.25) is 80.3 Å². The average molecular weight is 2200 g/mol. The molecule has 812 valence electrons. The van der Waals surface area contributed by atoms with Gasteiger partial charge in [-0.05, 0) is 170 Å². The van der Waals surface area contributed by atoms with Crippen molar-refractivity contribution in [2.75, 3.05) is 55.8 Å². The third-order valence-electron chi connectivity index (χ3n) is 24.4. The molecular weight excluding hydrogens is 2010 g/mol. The van der Waals surface area contributed by atoms with E-state index in [1.54, 1.807) is 52.0 Å². The van der Waals surface area contributed by atoms with Gasteiger partial charge in [-0.15, -0.1) is 62.5 Å². The summed E-state index contributed by atoms with van der Waals surface area (Å²) in [6, 6.07) is -2.84. The lowest BCUT2D eigenvalue weighted by atomic mass is 9.82. The number of carbonyl (C=O) groups excluding carboxylic acids is 15. The number of nitrogens with one attached hydrogen (secondary N) is 4. The quantitative estimate of drug-likeness (QED) is 0.0190. The third kappa shape index (κ3) is 69.0. The highest BCUT2D eigenvalue weighted by Gasteiger charge is 2.53. The van der Waals surface area contributed by atoms with E-state index < -0.39 is 98.1 Å². The van der Waals surface area contributed by atoms with Crippen molar-refractivity contribution in [3.8, 4) is 0 Å². The van der Waals surface area contributed by atoms with Crippen molar-refractivity contribution in [1.29, 1.82) is 0 Å². The van der Waals surface area contributed by atoms with Crippen LogP contribution in [0.2, 0.25) is 0 Å². The maximum Gasteiger partial charge on any atom is 0.224 e. The van der Waals surface area contributed by atoms with Crippen LogP contribution in [-0.2, 0) is 108 Å². The van der Waals surface area contributed by atoms with Gasteiger partial charge in [-0.2, -0.15) is 21.7 Å². The van der Waals surface area contributed by atoms with E-state index in [1.165, 1.54) is 0 Å². The van der Waals surface area contributed by atoms with E-state index in [-0.39, 0.29) is 221 Å². The molecule has 10 unspecified atom stereocenters. The molecule has 24 atom stereocenters. The molecule has 139 heavy (non-hydrogen) atoms. The van der Waals surface area contributed by atoms with Gasteiger partial charge in [0.25, 0.3) is 0 Å². The summed E-state index contributed by atoms with van der Waals surface area (Å²) in [5.74, 6) is -2.63. The minimum atomic E-state index is -1.13. The highest BCUT2D eigenvalue weighted by atomic mass is 32.7. The lowest BCUT2D eigenvalue weighted by molar-refractivity contribution is -0.135. The van der Waals surface area contributed by atoms with Gasteiger partial charge in [0, 0.05) is 158 Å². The van der Waals surface area contributed by atoms with Crippen molar-refractivity contribution in [1.82, 2.24) is 21.3 Å². The van der Waals surface area contributed by atoms with Gasteiger partial charge < -0.3 is 35.5 Å². The Morgan fingerprint density at radius 3 is 0.878 bits per heavy atom. The van der Waals surface area contributed by atoms with Crippen molar-refractivity contribution in [2.45, 2.75) is 400 Å². The molecular formula is C102H196N4O20P10S3. The van der Waals surface area contributed by atoms with Gasteiger partial charge in [0.2, 0.25) is 23.6 Å². The number of amides is 4. The first-order valence-corrected chi connectivity index (χ1v) is 68.9. The monoisotopic (exact) mass is 2200 g/mol. The molecule has 0 aromatic carbocycles. The molecule has 0 spiro atoms. The van der Waals surface area contributed by atoms with Gasteiger partial charge in [-0.1, -0.05) is 204 Å². The van der Waals surface area contributed by atoms with E-state index in [2.05, 4.69) is 132 Å². The summed E-state index contributed by atoms with van der Waals surface area (Å²) in [7, 11) is 16.4. The summed E-state index contributed by atoms with van der Waals surface area (Å²) in [5, 5.41) is 11.6. The van der Waals surface area contributed by atoms with Gasteiger partial charge in [0.05, 0.1) is 44.0 Å². The summed E-state index contributed by atoms with van der Waals surface area (Å²) in [4.78, 5) is 193. The molecule has 37 heteroatoms. The van der Waals surface area contributed by atoms with Crippen LogP contribution in [0.1, 0.15) is 359 Å². The number of allylic oxidation sites excluding steroid dienone is 1. The molecule has 3 saturated heterocycles. The molecule has 0 bridgehead atoms. The molecule has 0 aromatic rings. The summed E-state index contributed by atoms with van der Waals surface area (Å²) < 4.78 is 39.5. The molecule has 3 heterocycles. The van der Waals surface area contributed by atoms with Crippen molar-refractivity contribution in [2.24, 2.45) is 88.8 Å². The van der Waals surface area contributed by atoms with E-state index >= 15 is 0 Å². The largest absolute Gasteiger partial charge is 0.362 e. The van der Waals surface area contributed by atoms with Crippen LogP contribution < -0.4 is 21.3 Å². The molecule has 0 radical (unpaired) electrons. The highest BCUT2D eigenvalue weighted by molar-refractivity contribution is 8.65. The Labute approximate surface area is 874 Å². The zero-order chi connectivity index (χ0) is 107. The minimum Gasteiger partial charge on any atom is -0.362 e. The molecule has 0 saturated carbocycles. The molecule has 24 nitrogen and oxygen atoms in total. The van der Waals surface area contributed by atoms with Crippen LogP contribution >= 0.6 is 99.1 Å². The van der Waals surface area contributed by atoms with Crippen molar-refractivity contribution in [3.63, 3.8) is 0 Å². The third-order valence-corrected chi connectivity index (χ3v) is 26.7. The van der Waals surface area contributed by atoms with Crippen LogP contribution in [0.25, 0.3) is 0 Å². The first-order chi connectivity index (χ1) is 64.3. The first kappa shape index (κ1) is 146. The molecule has 3 aliphatic heterocycles. The van der Waals surface area contributed by atoms with E-state index in [0.29, 0.717) is 89.1 Å². The maximum absolute atomic E-state index is 13.4. The summed E-state index contributed by atoms with van der Waals surface area (Å²) in [6.07, 6.45) is 22.6. The van der Waals surface area contributed by atoms with Crippen LogP contribution in [-0.4, -0.2) is 192 Å². The van der Waals surface area contributed by atoms with E-state index in [1.807, 2.05) is 103 Å². The van der Waals surface area contributed by atoms with Crippen molar-refractivity contribution < 1.29 is 94.5 Å². The predicted molar refractivity (Wildman–Crippen MR) is 616 cm³/mol. The number of hydrogen-bond acceptors (Lipinski definition) is 21. The lowest BCUT2D eigenvalue weighted by Gasteiger charge is -2.26. The number of rotatable bonds is 70. The Morgan fingerprint density at radius 1 is 0.410 bits per heavy atom. The zero-order valence-corrected chi connectivity index (χ0v) is 105. The molecule has 4 amide bonds. The molecule has 4 N–H and O–H groups in total. The van der Waals surface area contributed by atoms with Crippen LogP contribution in [0.3, 0.4) is 0 Å². The fourth-order valence-corrected chi connectivity index (χ4v) is 17.6. The maximum atomic E-state index is 13.4. The normalized spacial score (nSPS) is 18.3. The van der Waals surface area contributed by atoms with Crippen molar-refractivity contribution >= 4 is 208 Å². The first-order valence-electron chi connectivity index (χ1n) is 50.5. The van der Waals surface area contributed by atoms with E-state index in [9.17, 15) is 80.3 Å². The number of Topliss-reactive ketones (excluding diaryl/α,β-unsaturated/α-hetero) is 11. The van der Waals surface area contributed by atoms with Crippen LogP contribution in [0.15, 0.2) is 12.2 Å². The fourth-order valence-electron chi connectivity index (χ4n) is 16.0. The Balaban J connectivity index is -0.000000558. The Bertz CT molecular complexity index is 3690. The second-order valence-corrected chi connectivity index (χ2v) is 61.4. The van der Waals surface area contributed by atoms with Gasteiger partial charge >= 0.3 is 0 Å². The Hall–Kier alpha value is -1.18. The second kappa shape index (κ2) is 81.6. The molecule has 3 fully saturated rings. The minimum absolute atomic E-state index is 0. The van der Waals surface area contributed by atoms with Crippen LogP contribution in [0, 0.1) is 88.8 Å². The van der Waals surface area contributed by atoms with Crippen LogP contribution in [0.4, 0.5) is 0 Å². The van der Waals surface area contributed by atoms with Gasteiger partial charge in [0.15, 0.2) is 46.3 Å². The molecule has 3 aliphatic rings. The topological polar surface area (TPSA) is 376 Å². The van der Waals surface area contributed by atoms with E-state index in [0.717, 1.165) is 90.8 Å². The summed E-state index contributed by atoms with van der Waals surface area (Å²) >= 11 is 1.62. The van der Waals surface area contributed by atoms with E-state index in [4.69, 9.17) is 14.2 Å². The smallest absolute Gasteiger partial charge is 0.224 e. The molecule has 0 aromatic heterocycles. The highest BCUT2D eigenvalue weighted by Crippen LogP contribution is 2.60. The number of epoxide rings is 3. The van der Waals surface area contributed by atoms with Gasteiger partial charge in [0.1, 0.15) is 34.2 Å². The SMILES string of the molecule is C=C(C)C(=O)[C@@H](CC(=O)[C@H](CCS(C)=O)NC(=O)[C@@H](CC(=O)CCCCC)C(C)C)CC(C)C.CCCCCC(=O)C[C@H](C(=O)N[C@@H](CCS(C)=O)C(=O)C[C@@H](CC(C)C)C(=O)[C@@]1(C)CO1)C(C)C.CCCCCC(=O)C[C@H](C(=O)N[C@@H](CCSC)C(=O)C[C@@H](CC(C)C)C(=O)[C@@]1(C)CO1)C(C)C.CCCCCC(=O)N[C@@H](C(=O)C[C@@H](CC(C)C)C(=O)[C@@]1(C)CO1)C(C)C.P.PP.PP(P)P.PPP. The fraction of sp³-hybridized carbons (Fsp3) is 0.833. The Kier molecular flexibility index (Phi) is 85.9. The number of carbonyl (C=O) groups is 15. The lowest BCUT2D eigenvalue weighted by Crippen LogP contribution is -2.47. The molecule has 3 rings (SSSR count). The number of ketones is 11. The van der Waals surface area contributed by atoms with Crippen LogP contribution in [0.5, 0.6) is 0 Å². The zero-order valence-electron chi connectivity index (χ0n) is 90.7. The Morgan fingerprint density at radius 2 is 0.655 bits per heavy atom. The summed E-state index contributed by atoms with van der Waals surface area (Å²) in [6.45, 7) is 51.9. The number of unbranched alkanes of at least 4 members (excludes halogenated alkanes) is 8. The van der Waals surface area contributed by atoms with Gasteiger partial charge in [-0.25, -0.2) is 0 Å². The van der Waals surface area contributed by atoms with Crippen molar-refractivity contribution in [3.05, 3.63) is 12.2 Å². The predicted octanol–water partition coefficient (Wildman–Crippen LogP) is 21.3. The second-order valence-electron chi connectivity index (χ2n) is 41.4. The molecule has 0 aliphatic carbocycles.